The van der Waals surface area contributed by atoms with Gasteiger partial charge in [0.05, 0.1) is 7.11 Å². The number of H-pyrrole nitrogens is 1. The predicted octanol–water partition coefficient (Wildman–Crippen LogP) is 2.19. The third-order valence-electron chi connectivity index (χ3n) is 3.25. The Morgan fingerprint density at radius 3 is 2.85 bits per heavy atom. The van der Waals surface area contributed by atoms with Crippen molar-refractivity contribution < 1.29 is 14.3 Å². The maximum Gasteiger partial charge on any atom is 0.305 e. The van der Waals surface area contributed by atoms with Gasteiger partial charge in [-0.3, -0.25) is 9.59 Å². The van der Waals surface area contributed by atoms with Gasteiger partial charge in [-0.1, -0.05) is 0 Å². The van der Waals surface area contributed by atoms with E-state index >= 15 is 0 Å². The first-order valence-corrected chi connectivity index (χ1v) is 6.51. The minimum absolute atomic E-state index is 0.0436. The van der Waals surface area contributed by atoms with Crippen LogP contribution < -0.4 is 0 Å². The zero-order chi connectivity index (χ0) is 14.5. The van der Waals surface area contributed by atoms with Gasteiger partial charge in [0, 0.05) is 42.7 Å². The van der Waals surface area contributed by atoms with Gasteiger partial charge in [-0.05, 0) is 30.7 Å². The van der Waals surface area contributed by atoms with Crippen LogP contribution in [-0.4, -0.2) is 42.5 Å². The Hall–Kier alpha value is -2.30. The zero-order valence-corrected chi connectivity index (χ0v) is 11.7. The number of aromatic nitrogens is 1. The lowest BCUT2D eigenvalue weighted by Crippen LogP contribution is -2.28. The molecule has 1 N–H and O–H groups in total. The van der Waals surface area contributed by atoms with E-state index in [1.54, 1.807) is 18.0 Å². The fourth-order valence-corrected chi connectivity index (χ4v) is 2.07. The van der Waals surface area contributed by atoms with Crippen LogP contribution in [0.5, 0.6) is 0 Å². The molecule has 20 heavy (non-hydrogen) atoms. The number of hydrogen-bond donors (Lipinski definition) is 1. The molecule has 0 radical (unpaired) electrons. The SMILES string of the molecule is COC(=O)CCCN(C)C(=O)c1ccc2[nH]ccc2c1. The largest absolute Gasteiger partial charge is 0.469 e. The van der Waals surface area contributed by atoms with Crippen LogP contribution >= 0.6 is 0 Å². The molecular weight excluding hydrogens is 256 g/mol. The van der Waals surface area contributed by atoms with E-state index < -0.39 is 0 Å². The summed E-state index contributed by atoms with van der Waals surface area (Å²) in [6, 6.07) is 7.50. The van der Waals surface area contributed by atoms with Crippen LogP contribution in [-0.2, 0) is 9.53 Å². The Morgan fingerprint density at radius 1 is 1.30 bits per heavy atom. The molecule has 0 spiro atoms. The second kappa shape index (κ2) is 6.23. The lowest BCUT2D eigenvalue weighted by Gasteiger charge is -2.16. The van der Waals surface area contributed by atoms with Crippen molar-refractivity contribution in [3.63, 3.8) is 0 Å². The zero-order valence-electron chi connectivity index (χ0n) is 11.7. The highest BCUT2D eigenvalue weighted by molar-refractivity contribution is 5.97. The molecule has 0 aliphatic heterocycles. The van der Waals surface area contributed by atoms with Gasteiger partial charge >= 0.3 is 5.97 Å². The van der Waals surface area contributed by atoms with Crippen LogP contribution in [0.4, 0.5) is 0 Å². The Bertz CT molecular complexity index is 618. The number of fused-ring (bicyclic) bond motifs is 1. The number of nitrogens with one attached hydrogen (secondary N) is 1. The van der Waals surface area contributed by atoms with Crippen molar-refractivity contribution in [2.75, 3.05) is 20.7 Å². The summed E-state index contributed by atoms with van der Waals surface area (Å²) in [5.41, 5.74) is 1.66. The maximum absolute atomic E-state index is 12.3. The number of carbonyl (C=O) groups is 2. The van der Waals surface area contributed by atoms with Crippen LogP contribution in [0, 0.1) is 0 Å². The second-order valence-corrected chi connectivity index (χ2v) is 4.69. The summed E-state index contributed by atoms with van der Waals surface area (Å²) in [6.07, 6.45) is 2.77. The molecule has 1 amide bonds. The fourth-order valence-electron chi connectivity index (χ4n) is 2.07. The van der Waals surface area contributed by atoms with Crippen molar-refractivity contribution >= 4 is 22.8 Å². The van der Waals surface area contributed by atoms with Crippen molar-refractivity contribution in [2.45, 2.75) is 12.8 Å². The van der Waals surface area contributed by atoms with Crippen LogP contribution in [0.15, 0.2) is 30.5 Å². The van der Waals surface area contributed by atoms with Crippen molar-refractivity contribution in [3.05, 3.63) is 36.0 Å². The van der Waals surface area contributed by atoms with Crippen LogP contribution in [0.25, 0.3) is 10.9 Å². The van der Waals surface area contributed by atoms with E-state index in [0.717, 1.165) is 10.9 Å². The van der Waals surface area contributed by atoms with E-state index in [-0.39, 0.29) is 11.9 Å². The molecule has 0 aliphatic rings. The van der Waals surface area contributed by atoms with Gasteiger partial charge < -0.3 is 14.6 Å². The van der Waals surface area contributed by atoms with E-state index in [0.29, 0.717) is 24.9 Å². The molecule has 1 heterocycles. The summed E-state index contributed by atoms with van der Waals surface area (Å²) in [4.78, 5) is 28.0. The Kier molecular flexibility index (Phi) is 4.40. The van der Waals surface area contributed by atoms with Crippen molar-refractivity contribution in [2.24, 2.45) is 0 Å². The molecule has 5 heteroatoms. The molecule has 5 nitrogen and oxygen atoms in total. The highest BCUT2D eigenvalue weighted by Gasteiger charge is 2.12. The smallest absolute Gasteiger partial charge is 0.305 e. The normalized spacial score (nSPS) is 10.5. The first-order valence-electron chi connectivity index (χ1n) is 6.51. The number of ether oxygens (including phenoxy) is 1. The Morgan fingerprint density at radius 2 is 2.10 bits per heavy atom. The molecule has 0 bridgehead atoms. The van der Waals surface area contributed by atoms with E-state index in [4.69, 9.17) is 0 Å². The van der Waals surface area contributed by atoms with Crippen molar-refractivity contribution in [1.29, 1.82) is 0 Å². The van der Waals surface area contributed by atoms with E-state index in [1.165, 1.54) is 7.11 Å². The van der Waals surface area contributed by atoms with Gasteiger partial charge in [-0.15, -0.1) is 0 Å². The number of methoxy groups -OCH3 is 1. The third-order valence-corrected chi connectivity index (χ3v) is 3.25. The Balaban J connectivity index is 1.97. The summed E-state index contributed by atoms with van der Waals surface area (Å²) in [5.74, 6) is -0.294. The predicted molar refractivity (Wildman–Crippen MR) is 76.5 cm³/mol. The topological polar surface area (TPSA) is 62.4 Å². The second-order valence-electron chi connectivity index (χ2n) is 4.69. The summed E-state index contributed by atoms with van der Waals surface area (Å²) in [6.45, 7) is 0.527. The van der Waals surface area contributed by atoms with Crippen LogP contribution in [0.3, 0.4) is 0 Å². The molecule has 106 valence electrons. The average Bonchev–Trinajstić information content (AvgIpc) is 2.93. The Labute approximate surface area is 117 Å². The fraction of sp³-hybridized carbons (Fsp3) is 0.333. The monoisotopic (exact) mass is 274 g/mol. The number of amides is 1. The molecule has 0 fully saturated rings. The molecule has 2 aromatic rings. The number of esters is 1. The molecule has 1 aromatic carbocycles. The van der Waals surface area contributed by atoms with Crippen molar-refractivity contribution in [3.8, 4) is 0 Å². The minimum Gasteiger partial charge on any atom is -0.469 e. The molecule has 2 rings (SSSR count). The summed E-state index contributed by atoms with van der Waals surface area (Å²) >= 11 is 0. The number of aromatic amines is 1. The van der Waals surface area contributed by atoms with Gasteiger partial charge in [-0.25, -0.2) is 0 Å². The average molecular weight is 274 g/mol. The first kappa shape index (κ1) is 14.1. The first-order chi connectivity index (χ1) is 9.61. The lowest BCUT2D eigenvalue weighted by atomic mass is 10.1. The molecule has 1 aromatic heterocycles. The number of hydrogen-bond acceptors (Lipinski definition) is 3. The molecule has 0 saturated heterocycles. The standard InChI is InChI=1S/C15H18N2O3/c1-17(9-3-4-14(18)20-2)15(19)12-5-6-13-11(10-12)7-8-16-13/h5-8,10,16H,3-4,9H2,1-2H3. The highest BCUT2D eigenvalue weighted by Crippen LogP contribution is 2.15. The number of benzene rings is 1. The third kappa shape index (κ3) is 3.17. The van der Waals surface area contributed by atoms with Gasteiger partial charge in [-0.2, -0.15) is 0 Å². The van der Waals surface area contributed by atoms with Gasteiger partial charge in [0.25, 0.3) is 5.91 Å². The van der Waals surface area contributed by atoms with Crippen LogP contribution in [0.2, 0.25) is 0 Å². The van der Waals surface area contributed by atoms with E-state index in [2.05, 4.69) is 9.72 Å². The molecule has 0 saturated carbocycles. The highest BCUT2D eigenvalue weighted by atomic mass is 16.5. The van der Waals surface area contributed by atoms with Crippen molar-refractivity contribution in [1.82, 2.24) is 9.88 Å². The molecule has 0 unspecified atom stereocenters. The lowest BCUT2D eigenvalue weighted by molar-refractivity contribution is -0.140. The number of carbonyl (C=O) groups excluding carboxylic acids is 2. The maximum atomic E-state index is 12.3. The summed E-state index contributed by atoms with van der Waals surface area (Å²) < 4.78 is 4.57. The minimum atomic E-state index is -0.250. The molecule has 0 aliphatic carbocycles. The van der Waals surface area contributed by atoms with Gasteiger partial charge in [0.2, 0.25) is 0 Å². The quantitative estimate of drug-likeness (QED) is 0.850. The summed E-state index contributed by atoms with van der Waals surface area (Å²) in [7, 11) is 3.10. The van der Waals surface area contributed by atoms with E-state index in [1.807, 2.05) is 24.4 Å². The molecule has 0 atom stereocenters. The number of nitrogens with zero attached hydrogens (tertiary/aromatic N) is 1. The molecular formula is C15H18N2O3. The van der Waals surface area contributed by atoms with Gasteiger partial charge in [0.1, 0.15) is 0 Å². The van der Waals surface area contributed by atoms with Crippen LogP contribution in [0.1, 0.15) is 23.2 Å². The number of rotatable bonds is 5. The van der Waals surface area contributed by atoms with Gasteiger partial charge in [0.15, 0.2) is 0 Å². The van der Waals surface area contributed by atoms with E-state index in [9.17, 15) is 9.59 Å². The summed E-state index contributed by atoms with van der Waals surface area (Å²) in [5, 5.41) is 1.01.